The van der Waals surface area contributed by atoms with E-state index in [2.05, 4.69) is 5.32 Å². The van der Waals surface area contributed by atoms with Crippen LogP contribution in [0.15, 0.2) is 24.3 Å². The Hall–Kier alpha value is -1.55. The van der Waals surface area contributed by atoms with Gasteiger partial charge in [0.2, 0.25) is 5.91 Å². The van der Waals surface area contributed by atoms with Crippen LogP contribution in [-0.2, 0) is 9.53 Å². The Morgan fingerprint density at radius 1 is 1.44 bits per heavy atom. The second-order valence-corrected chi connectivity index (χ2v) is 4.95. The molecule has 1 saturated heterocycles. The maximum Gasteiger partial charge on any atom is 0.249 e. The van der Waals surface area contributed by atoms with E-state index in [1.165, 1.54) is 0 Å². The molecule has 0 bridgehead atoms. The molecule has 3 unspecified atom stereocenters. The summed E-state index contributed by atoms with van der Waals surface area (Å²) in [6, 6.07) is 7.51. The molecular formula is C14H20N2O2. The van der Waals surface area contributed by atoms with Gasteiger partial charge >= 0.3 is 0 Å². The Morgan fingerprint density at radius 3 is 2.67 bits per heavy atom. The van der Waals surface area contributed by atoms with Crippen LogP contribution in [-0.4, -0.2) is 18.6 Å². The van der Waals surface area contributed by atoms with Crippen molar-refractivity contribution in [2.24, 2.45) is 5.92 Å². The lowest BCUT2D eigenvalue weighted by Gasteiger charge is -2.19. The SMILES string of the molecule is CC(NC(=O)C1OCCC1C)c1ccc(N)cc1. The van der Waals surface area contributed by atoms with E-state index < -0.39 is 0 Å². The molecule has 1 fully saturated rings. The maximum atomic E-state index is 12.0. The number of amides is 1. The van der Waals surface area contributed by atoms with Gasteiger partial charge in [-0.05, 0) is 37.0 Å². The Labute approximate surface area is 108 Å². The van der Waals surface area contributed by atoms with Crippen molar-refractivity contribution in [3.8, 4) is 0 Å². The number of rotatable bonds is 3. The van der Waals surface area contributed by atoms with Crippen LogP contribution in [0.25, 0.3) is 0 Å². The van der Waals surface area contributed by atoms with Gasteiger partial charge < -0.3 is 15.8 Å². The minimum Gasteiger partial charge on any atom is -0.399 e. The second kappa shape index (κ2) is 5.40. The summed E-state index contributed by atoms with van der Waals surface area (Å²) in [7, 11) is 0. The monoisotopic (exact) mass is 248 g/mol. The highest BCUT2D eigenvalue weighted by Crippen LogP contribution is 2.21. The van der Waals surface area contributed by atoms with Gasteiger partial charge in [0.05, 0.1) is 6.04 Å². The molecule has 1 aliphatic heterocycles. The average molecular weight is 248 g/mol. The van der Waals surface area contributed by atoms with Crippen LogP contribution in [0.3, 0.4) is 0 Å². The van der Waals surface area contributed by atoms with E-state index in [0.717, 1.165) is 17.7 Å². The van der Waals surface area contributed by atoms with Gasteiger partial charge in [-0.3, -0.25) is 4.79 Å². The van der Waals surface area contributed by atoms with Crippen molar-refractivity contribution in [3.63, 3.8) is 0 Å². The third-order valence-electron chi connectivity index (χ3n) is 3.44. The first-order chi connectivity index (χ1) is 8.58. The third kappa shape index (κ3) is 2.82. The molecule has 18 heavy (non-hydrogen) atoms. The van der Waals surface area contributed by atoms with Gasteiger partial charge in [0.25, 0.3) is 0 Å². The number of benzene rings is 1. The normalized spacial score (nSPS) is 24.8. The van der Waals surface area contributed by atoms with Crippen molar-refractivity contribution in [3.05, 3.63) is 29.8 Å². The minimum absolute atomic E-state index is 0.0238. The maximum absolute atomic E-state index is 12.0. The number of nitrogens with two attached hydrogens (primary N) is 1. The number of nitrogens with one attached hydrogen (secondary N) is 1. The smallest absolute Gasteiger partial charge is 0.249 e. The largest absolute Gasteiger partial charge is 0.399 e. The molecule has 4 heteroatoms. The average Bonchev–Trinajstić information content (AvgIpc) is 2.76. The molecule has 3 N–H and O–H groups in total. The van der Waals surface area contributed by atoms with Crippen molar-refractivity contribution in [2.45, 2.75) is 32.4 Å². The van der Waals surface area contributed by atoms with Crippen LogP contribution < -0.4 is 11.1 Å². The summed E-state index contributed by atoms with van der Waals surface area (Å²) in [6.07, 6.45) is 0.648. The molecule has 1 amide bonds. The number of anilines is 1. The topological polar surface area (TPSA) is 64.3 Å². The predicted molar refractivity (Wildman–Crippen MR) is 70.9 cm³/mol. The van der Waals surface area contributed by atoms with Crippen molar-refractivity contribution in [1.82, 2.24) is 5.32 Å². The highest BCUT2D eigenvalue weighted by atomic mass is 16.5. The molecule has 1 heterocycles. The molecule has 1 aromatic rings. The summed E-state index contributed by atoms with van der Waals surface area (Å²) in [5.41, 5.74) is 7.41. The fraction of sp³-hybridized carbons (Fsp3) is 0.500. The molecular weight excluding hydrogens is 228 g/mol. The first kappa shape index (κ1) is 12.9. The van der Waals surface area contributed by atoms with Crippen LogP contribution in [0.2, 0.25) is 0 Å². The highest BCUT2D eigenvalue weighted by Gasteiger charge is 2.31. The standard InChI is InChI=1S/C14H20N2O2/c1-9-7-8-18-13(9)14(17)16-10(2)11-3-5-12(15)6-4-11/h3-6,9-10,13H,7-8,15H2,1-2H3,(H,16,17). The fourth-order valence-electron chi connectivity index (χ4n) is 2.19. The summed E-state index contributed by atoms with van der Waals surface area (Å²) in [6.45, 7) is 4.68. The summed E-state index contributed by atoms with van der Waals surface area (Å²) in [5.74, 6) is 0.271. The zero-order valence-electron chi connectivity index (χ0n) is 10.8. The van der Waals surface area contributed by atoms with E-state index in [1.807, 2.05) is 38.1 Å². The number of carbonyl (C=O) groups excluding carboxylic acids is 1. The lowest BCUT2D eigenvalue weighted by atomic mass is 10.0. The lowest BCUT2D eigenvalue weighted by Crippen LogP contribution is -2.38. The lowest BCUT2D eigenvalue weighted by molar-refractivity contribution is -0.132. The number of hydrogen-bond acceptors (Lipinski definition) is 3. The van der Waals surface area contributed by atoms with Gasteiger partial charge in [-0.15, -0.1) is 0 Å². The van der Waals surface area contributed by atoms with E-state index in [0.29, 0.717) is 12.5 Å². The molecule has 1 aliphatic rings. The van der Waals surface area contributed by atoms with Gasteiger partial charge in [0, 0.05) is 12.3 Å². The Bertz CT molecular complexity index is 416. The molecule has 0 saturated carbocycles. The zero-order valence-corrected chi connectivity index (χ0v) is 10.8. The predicted octanol–water partition coefficient (Wildman–Crippen LogP) is 1.87. The van der Waals surface area contributed by atoms with Gasteiger partial charge in [0.15, 0.2) is 0 Å². The molecule has 98 valence electrons. The van der Waals surface area contributed by atoms with E-state index in [4.69, 9.17) is 10.5 Å². The highest BCUT2D eigenvalue weighted by molar-refractivity contribution is 5.81. The van der Waals surface area contributed by atoms with Gasteiger partial charge in [-0.2, -0.15) is 0 Å². The van der Waals surface area contributed by atoms with Gasteiger partial charge in [0.1, 0.15) is 6.10 Å². The zero-order chi connectivity index (χ0) is 13.1. The van der Waals surface area contributed by atoms with E-state index in [1.54, 1.807) is 0 Å². The van der Waals surface area contributed by atoms with Crippen LogP contribution >= 0.6 is 0 Å². The molecule has 0 aliphatic carbocycles. The quantitative estimate of drug-likeness (QED) is 0.803. The molecule has 0 spiro atoms. The first-order valence-corrected chi connectivity index (χ1v) is 6.35. The second-order valence-electron chi connectivity index (χ2n) is 4.95. The van der Waals surface area contributed by atoms with Crippen molar-refractivity contribution in [2.75, 3.05) is 12.3 Å². The molecule has 4 nitrogen and oxygen atoms in total. The number of nitrogen functional groups attached to an aromatic ring is 1. The third-order valence-corrected chi connectivity index (χ3v) is 3.44. The summed E-state index contributed by atoms with van der Waals surface area (Å²) >= 11 is 0. The summed E-state index contributed by atoms with van der Waals surface area (Å²) < 4.78 is 5.45. The molecule has 0 radical (unpaired) electrons. The molecule has 3 atom stereocenters. The Balaban J connectivity index is 1.96. The van der Waals surface area contributed by atoms with E-state index >= 15 is 0 Å². The van der Waals surface area contributed by atoms with Gasteiger partial charge in [-0.1, -0.05) is 19.1 Å². The van der Waals surface area contributed by atoms with Crippen LogP contribution in [0, 0.1) is 5.92 Å². The number of carbonyl (C=O) groups is 1. The first-order valence-electron chi connectivity index (χ1n) is 6.35. The van der Waals surface area contributed by atoms with Crippen LogP contribution in [0.5, 0.6) is 0 Å². The fourth-order valence-corrected chi connectivity index (χ4v) is 2.19. The Morgan fingerprint density at radius 2 is 2.11 bits per heavy atom. The van der Waals surface area contributed by atoms with Gasteiger partial charge in [-0.25, -0.2) is 0 Å². The minimum atomic E-state index is -0.304. The van der Waals surface area contributed by atoms with E-state index in [9.17, 15) is 4.79 Å². The van der Waals surface area contributed by atoms with Crippen molar-refractivity contribution < 1.29 is 9.53 Å². The summed E-state index contributed by atoms with van der Waals surface area (Å²) in [4.78, 5) is 12.0. The summed E-state index contributed by atoms with van der Waals surface area (Å²) in [5, 5.41) is 2.98. The van der Waals surface area contributed by atoms with Crippen LogP contribution in [0.4, 0.5) is 5.69 Å². The number of hydrogen-bond donors (Lipinski definition) is 2. The molecule has 1 aromatic carbocycles. The molecule has 0 aromatic heterocycles. The van der Waals surface area contributed by atoms with Crippen molar-refractivity contribution in [1.29, 1.82) is 0 Å². The molecule has 2 rings (SSSR count). The van der Waals surface area contributed by atoms with Crippen LogP contribution in [0.1, 0.15) is 31.9 Å². The Kier molecular flexibility index (Phi) is 3.87. The number of ether oxygens (including phenoxy) is 1. The van der Waals surface area contributed by atoms with Crippen molar-refractivity contribution >= 4 is 11.6 Å². The van der Waals surface area contributed by atoms with E-state index in [-0.39, 0.29) is 18.1 Å².